The predicted molar refractivity (Wildman–Crippen MR) is 84.3 cm³/mol. The van der Waals surface area contributed by atoms with Crippen molar-refractivity contribution in [2.45, 2.75) is 17.4 Å². The summed E-state index contributed by atoms with van der Waals surface area (Å²) in [7, 11) is -3.54. The van der Waals surface area contributed by atoms with Gasteiger partial charge in [-0.3, -0.25) is 9.71 Å². The van der Waals surface area contributed by atoms with Gasteiger partial charge in [-0.25, -0.2) is 8.42 Å². The van der Waals surface area contributed by atoms with Gasteiger partial charge in [0, 0.05) is 5.56 Å². The maximum absolute atomic E-state index is 12.0. The molecule has 114 valence electrons. The molecule has 0 unspecified atom stereocenters. The van der Waals surface area contributed by atoms with Crippen LogP contribution in [0.3, 0.4) is 0 Å². The second-order valence-electron chi connectivity index (χ2n) is 5.11. The summed E-state index contributed by atoms with van der Waals surface area (Å²) in [5.41, 5.74) is 1.59. The zero-order valence-corrected chi connectivity index (χ0v) is 12.6. The van der Waals surface area contributed by atoms with Crippen LogP contribution >= 0.6 is 0 Å². The van der Waals surface area contributed by atoms with Crippen molar-refractivity contribution in [3.63, 3.8) is 0 Å². The molecule has 0 aromatic heterocycles. The summed E-state index contributed by atoms with van der Waals surface area (Å²) in [5.74, 6) is 0.297. The topological polar surface area (TPSA) is 78.8 Å². The number of amidine groups is 1. The largest absolute Gasteiger partial charge is 0.394 e. The number of nitrogens with one attached hydrogen (secondary N) is 1. The van der Waals surface area contributed by atoms with Crippen LogP contribution in [-0.2, 0) is 16.4 Å². The molecule has 2 N–H and O–H groups in total. The average molecular weight is 316 g/mol. The Kier molecular flexibility index (Phi) is 3.96. The van der Waals surface area contributed by atoms with Gasteiger partial charge in [0.1, 0.15) is 5.84 Å². The van der Waals surface area contributed by atoms with Crippen LogP contribution in [-0.4, -0.2) is 32.0 Å². The number of fused-ring (bicyclic) bond motifs is 1. The number of benzene rings is 2. The number of nitrogens with zero attached hydrogens (tertiary/aromatic N) is 1. The molecule has 5 nitrogen and oxygen atoms in total. The average Bonchev–Trinajstić information content (AvgIpc) is 2.79. The Morgan fingerprint density at radius 3 is 2.45 bits per heavy atom. The number of rotatable bonds is 4. The Hall–Kier alpha value is -2.18. The van der Waals surface area contributed by atoms with E-state index in [1.165, 1.54) is 0 Å². The minimum Gasteiger partial charge on any atom is -0.394 e. The fraction of sp³-hybridized carbons (Fsp3) is 0.188. The molecule has 2 aromatic rings. The second kappa shape index (κ2) is 5.90. The zero-order valence-electron chi connectivity index (χ0n) is 11.8. The van der Waals surface area contributed by atoms with Crippen LogP contribution in [0.2, 0.25) is 0 Å². The van der Waals surface area contributed by atoms with Gasteiger partial charge in [-0.05, 0) is 24.1 Å². The highest BCUT2D eigenvalue weighted by atomic mass is 32.2. The summed E-state index contributed by atoms with van der Waals surface area (Å²) < 4.78 is 26.5. The van der Waals surface area contributed by atoms with E-state index in [9.17, 15) is 13.5 Å². The lowest BCUT2D eigenvalue weighted by Gasteiger charge is -2.11. The number of aliphatic hydroxyl groups is 1. The fourth-order valence-electron chi connectivity index (χ4n) is 2.45. The van der Waals surface area contributed by atoms with Crippen molar-refractivity contribution in [2.75, 3.05) is 6.61 Å². The van der Waals surface area contributed by atoms with Gasteiger partial charge < -0.3 is 5.11 Å². The van der Waals surface area contributed by atoms with Crippen LogP contribution in [0.1, 0.15) is 11.1 Å². The highest BCUT2D eigenvalue weighted by molar-refractivity contribution is 7.90. The Morgan fingerprint density at radius 2 is 1.73 bits per heavy atom. The molecule has 6 heteroatoms. The van der Waals surface area contributed by atoms with E-state index in [-0.39, 0.29) is 11.5 Å². The van der Waals surface area contributed by atoms with Crippen LogP contribution in [0.25, 0.3) is 0 Å². The molecule has 1 atom stereocenters. The summed E-state index contributed by atoms with van der Waals surface area (Å²) in [4.78, 5) is 4.63. The van der Waals surface area contributed by atoms with Crippen LogP contribution in [0.5, 0.6) is 0 Å². The van der Waals surface area contributed by atoms with Crippen molar-refractivity contribution in [3.8, 4) is 0 Å². The van der Waals surface area contributed by atoms with Crippen molar-refractivity contribution in [1.82, 2.24) is 4.72 Å². The van der Waals surface area contributed by atoms with E-state index in [1.807, 2.05) is 30.3 Å². The third kappa shape index (κ3) is 2.88. The maximum Gasteiger partial charge on any atom is 0.263 e. The Balaban J connectivity index is 1.91. The standard InChI is InChI=1S/C16H16N2O3S/c19-11-13(10-12-6-2-1-3-7-12)17-16-14-8-4-5-9-15(14)22(20,21)18-16/h1-9,13,19H,10-11H2,(H,17,18)/t13-/m1/s1. The Morgan fingerprint density at radius 1 is 1.05 bits per heavy atom. The lowest BCUT2D eigenvalue weighted by atomic mass is 10.1. The van der Waals surface area contributed by atoms with Crippen molar-refractivity contribution < 1.29 is 13.5 Å². The molecule has 0 aliphatic carbocycles. The molecule has 1 aliphatic heterocycles. The Bertz CT molecular complexity index is 801. The highest BCUT2D eigenvalue weighted by Gasteiger charge is 2.30. The molecule has 0 bridgehead atoms. The number of hydrogen-bond donors (Lipinski definition) is 2. The third-order valence-electron chi connectivity index (χ3n) is 3.50. The molecule has 3 rings (SSSR count). The fourth-order valence-corrected chi connectivity index (χ4v) is 3.69. The maximum atomic E-state index is 12.0. The van der Waals surface area contributed by atoms with Gasteiger partial charge in [0.15, 0.2) is 0 Å². The summed E-state index contributed by atoms with van der Waals surface area (Å²) in [5, 5.41) is 9.54. The minimum absolute atomic E-state index is 0.151. The van der Waals surface area contributed by atoms with Gasteiger partial charge in [-0.1, -0.05) is 42.5 Å². The van der Waals surface area contributed by atoms with Gasteiger partial charge in [-0.15, -0.1) is 0 Å². The number of aliphatic imine (C=N–C) groups is 1. The monoisotopic (exact) mass is 316 g/mol. The van der Waals surface area contributed by atoms with Crippen LogP contribution in [0.4, 0.5) is 0 Å². The first-order valence-electron chi connectivity index (χ1n) is 6.95. The van der Waals surface area contributed by atoms with Crippen molar-refractivity contribution in [3.05, 3.63) is 65.7 Å². The highest BCUT2D eigenvalue weighted by Crippen LogP contribution is 2.22. The molecule has 0 amide bonds. The number of hydrogen-bond acceptors (Lipinski definition) is 4. The third-order valence-corrected chi connectivity index (χ3v) is 4.90. The summed E-state index contributed by atoms with van der Waals surface area (Å²) in [6, 6.07) is 16.0. The number of sulfonamides is 1. The van der Waals surface area contributed by atoms with Gasteiger partial charge in [0.05, 0.1) is 17.5 Å². The van der Waals surface area contributed by atoms with E-state index >= 15 is 0 Å². The van der Waals surface area contributed by atoms with Crippen LogP contribution in [0.15, 0.2) is 64.5 Å². The lowest BCUT2D eigenvalue weighted by molar-refractivity contribution is 0.266. The van der Waals surface area contributed by atoms with Crippen molar-refractivity contribution in [2.24, 2.45) is 4.99 Å². The van der Waals surface area contributed by atoms with Gasteiger partial charge in [0.25, 0.3) is 10.0 Å². The van der Waals surface area contributed by atoms with E-state index in [0.29, 0.717) is 17.8 Å². The molecular formula is C16H16N2O3S. The summed E-state index contributed by atoms with van der Waals surface area (Å²) in [6.07, 6.45) is 0.546. The van der Waals surface area contributed by atoms with E-state index in [0.717, 1.165) is 5.56 Å². The molecule has 0 saturated heterocycles. The minimum atomic E-state index is -3.54. The molecule has 1 heterocycles. The first-order chi connectivity index (χ1) is 10.6. The first kappa shape index (κ1) is 14.7. The summed E-state index contributed by atoms with van der Waals surface area (Å²) in [6.45, 7) is -0.151. The van der Waals surface area contributed by atoms with Crippen LogP contribution in [0, 0.1) is 0 Å². The second-order valence-corrected chi connectivity index (χ2v) is 6.76. The van der Waals surface area contributed by atoms with E-state index in [1.54, 1.807) is 24.3 Å². The molecule has 2 aromatic carbocycles. The smallest absolute Gasteiger partial charge is 0.263 e. The van der Waals surface area contributed by atoms with Crippen LogP contribution < -0.4 is 4.72 Å². The first-order valence-corrected chi connectivity index (χ1v) is 8.43. The molecule has 1 aliphatic rings. The zero-order chi connectivity index (χ0) is 15.6. The van der Waals surface area contributed by atoms with Crippen molar-refractivity contribution >= 4 is 15.9 Å². The Labute approximate surface area is 129 Å². The van der Waals surface area contributed by atoms with Gasteiger partial charge in [0.2, 0.25) is 0 Å². The quantitative estimate of drug-likeness (QED) is 0.893. The molecule has 22 heavy (non-hydrogen) atoms. The van der Waals surface area contributed by atoms with E-state index in [2.05, 4.69) is 9.71 Å². The molecule has 0 saturated carbocycles. The number of aliphatic hydroxyl groups excluding tert-OH is 1. The molecule has 0 radical (unpaired) electrons. The predicted octanol–water partition coefficient (Wildman–Crippen LogP) is 1.33. The van der Waals surface area contributed by atoms with E-state index in [4.69, 9.17) is 0 Å². The van der Waals surface area contributed by atoms with Gasteiger partial charge in [-0.2, -0.15) is 0 Å². The normalized spacial score (nSPS) is 18.7. The van der Waals surface area contributed by atoms with Gasteiger partial charge >= 0.3 is 0 Å². The lowest BCUT2D eigenvalue weighted by Crippen LogP contribution is -2.26. The molecule has 0 fully saturated rings. The summed E-state index contributed by atoms with van der Waals surface area (Å²) >= 11 is 0. The van der Waals surface area contributed by atoms with Crippen molar-refractivity contribution in [1.29, 1.82) is 0 Å². The molecule has 0 spiro atoms. The SMILES string of the molecule is O=S1(=O)NC(=N[C@@H](CO)Cc2ccccc2)c2ccccc21. The van der Waals surface area contributed by atoms with E-state index < -0.39 is 16.1 Å². The molecular weight excluding hydrogens is 300 g/mol.